The van der Waals surface area contributed by atoms with Crippen molar-refractivity contribution in [1.82, 2.24) is 5.16 Å². The van der Waals surface area contributed by atoms with Gasteiger partial charge in [0.2, 0.25) is 0 Å². The van der Waals surface area contributed by atoms with E-state index in [1.165, 1.54) is 11.1 Å². The van der Waals surface area contributed by atoms with Gasteiger partial charge < -0.3 is 4.52 Å². The van der Waals surface area contributed by atoms with E-state index in [0.29, 0.717) is 5.92 Å². The van der Waals surface area contributed by atoms with Crippen molar-refractivity contribution >= 4 is 11.0 Å². The van der Waals surface area contributed by atoms with Crippen LogP contribution >= 0.6 is 0 Å². The van der Waals surface area contributed by atoms with E-state index in [4.69, 9.17) is 4.52 Å². The molecule has 1 unspecified atom stereocenters. The zero-order chi connectivity index (χ0) is 15.5. The molecule has 0 fully saturated rings. The van der Waals surface area contributed by atoms with E-state index in [1.54, 1.807) is 0 Å². The van der Waals surface area contributed by atoms with Crippen LogP contribution in [-0.2, 0) is 6.42 Å². The standard InChI is InChI=1S/C20H23NO/c1-4-9-17-16(14(3)5-2)12-13-18-19(21-22-20(17)18)15-10-7-6-8-11-15/h6-8,10-14H,4-5,9H2,1-3H3. The minimum Gasteiger partial charge on any atom is -0.355 e. The molecule has 0 saturated carbocycles. The van der Waals surface area contributed by atoms with Crippen LogP contribution in [0.4, 0.5) is 0 Å². The van der Waals surface area contributed by atoms with E-state index >= 15 is 0 Å². The lowest BCUT2D eigenvalue weighted by Gasteiger charge is -2.14. The summed E-state index contributed by atoms with van der Waals surface area (Å²) in [7, 11) is 0. The minimum atomic E-state index is 0.552. The van der Waals surface area contributed by atoms with Crippen LogP contribution in [0.2, 0.25) is 0 Å². The third kappa shape index (κ3) is 2.54. The van der Waals surface area contributed by atoms with Crippen molar-refractivity contribution in [3.63, 3.8) is 0 Å². The third-order valence-corrected chi connectivity index (χ3v) is 4.47. The van der Waals surface area contributed by atoms with Crippen molar-refractivity contribution in [3.8, 4) is 11.3 Å². The van der Waals surface area contributed by atoms with Crippen LogP contribution in [-0.4, -0.2) is 5.16 Å². The number of hydrogen-bond donors (Lipinski definition) is 0. The van der Waals surface area contributed by atoms with Gasteiger partial charge in [0.1, 0.15) is 5.69 Å². The van der Waals surface area contributed by atoms with Crippen LogP contribution in [0, 0.1) is 0 Å². The van der Waals surface area contributed by atoms with Gasteiger partial charge in [0.05, 0.1) is 5.39 Å². The van der Waals surface area contributed by atoms with Gasteiger partial charge in [0, 0.05) is 11.1 Å². The summed E-state index contributed by atoms with van der Waals surface area (Å²) in [6.07, 6.45) is 3.30. The number of rotatable bonds is 5. The maximum atomic E-state index is 5.77. The van der Waals surface area contributed by atoms with E-state index in [9.17, 15) is 0 Å². The monoisotopic (exact) mass is 293 g/mol. The summed E-state index contributed by atoms with van der Waals surface area (Å²) in [5, 5.41) is 5.49. The molecule has 2 aromatic carbocycles. The summed E-state index contributed by atoms with van der Waals surface area (Å²) in [6, 6.07) is 14.7. The second-order valence-corrected chi connectivity index (χ2v) is 5.97. The van der Waals surface area contributed by atoms with Crippen molar-refractivity contribution < 1.29 is 4.52 Å². The van der Waals surface area contributed by atoms with Crippen LogP contribution < -0.4 is 0 Å². The van der Waals surface area contributed by atoms with Gasteiger partial charge in [0.25, 0.3) is 0 Å². The molecule has 0 aliphatic carbocycles. The molecule has 1 atom stereocenters. The first-order chi connectivity index (χ1) is 10.8. The Morgan fingerprint density at radius 3 is 2.50 bits per heavy atom. The number of benzene rings is 2. The lowest BCUT2D eigenvalue weighted by Crippen LogP contribution is -1.99. The third-order valence-electron chi connectivity index (χ3n) is 4.47. The van der Waals surface area contributed by atoms with Crippen molar-refractivity contribution in [2.24, 2.45) is 0 Å². The van der Waals surface area contributed by atoms with Gasteiger partial charge in [-0.1, -0.05) is 68.7 Å². The Hall–Kier alpha value is -2.09. The van der Waals surface area contributed by atoms with Crippen LogP contribution in [0.5, 0.6) is 0 Å². The maximum absolute atomic E-state index is 5.77. The SMILES string of the molecule is CCCc1c(C(C)CC)ccc2c(-c3ccccc3)noc12. The van der Waals surface area contributed by atoms with Gasteiger partial charge >= 0.3 is 0 Å². The quantitative estimate of drug-likeness (QED) is 0.580. The number of nitrogens with zero attached hydrogens (tertiary/aromatic N) is 1. The van der Waals surface area contributed by atoms with E-state index in [2.05, 4.69) is 50.2 Å². The van der Waals surface area contributed by atoms with Gasteiger partial charge in [-0.15, -0.1) is 0 Å². The van der Waals surface area contributed by atoms with E-state index in [1.807, 2.05) is 18.2 Å². The van der Waals surface area contributed by atoms with E-state index in [-0.39, 0.29) is 0 Å². The summed E-state index contributed by atoms with van der Waals surface area (Å²) in [6.45, 7) is 6.74. The highest BCUT2D eigenvalue weighted by Crippen LogP contribution is 2.35. The molecule has 3 aromatic rings. The van der Waals surface area contributed by atoms with Gasteiger partial charge in [-0.2, -0.15) is 0 Å². The summed E-state index contributed by atoms with van der Waals surface area (Å²) >= 11 is 0. The first-order valence-electron chi connectivity index (χ1n) is 8.22. The molecular weight excluding hydrogens is 270 g/mol. The Balaban J connectivity index is 2.19. The fourth-order valence-electron chi connectivity index (χ4n) is 3.07. The first-order valence-corrected chi connectivity index (χ1v) is 8.22. The molecule has 22 heavy (non-hydrogen) atoms. The highest BCUT2D eigenvalue weighted by Gasteiger charge is 2.18. The summed E-state index contributed by atoms with van der Waals surface area (Å²) < 4.78 is 5.77. The lowest BCUT2D eigenvalue weighted by molar-refractivity contribution is 0.456. The second kappa shape index (κ2) is 6.35. The molecule has 114 valence electrons. The molecule has 2 nitrogen and oxygen atoms in total. The first kappa shape index (κ1) is 14.8. The molecular formula is C20H23NO. The molecule has 0 spiro atoms. The zero-order valence-electron chi connectivity index (χ0n) is 13.6. The van der Waals surface area contributed by atoms with Crippen LogP contribution in [0.25, 0.3) is 22.2 Å². The van der Waals surface area contributed by atoms with E-state index in [0.717, 1.165) is 41.5 Å². The Labute approximate surface area is 132 Å². The molecule has 1 heterocycles. The van der Waals surface area contributed by atoms with E-state index < -0.39 is 0 Å². The van der Waals surface area contributed by atoms with Gasteiger partial charge in [-0.05, 0) is 30.4 Å². The molecule has 1 aromatic heterocycles. The zero-order valence-corrected chi connectivity index (χ0v) is 13.6. The average molecular weight is 293 g/mol. The molecule has 2 heteroatoms. The molecule has 0 N–H and O–H groups in total. The Morgan fingerprint density at radius 2 is 1.82 bits per heavy atom. The lowest BCUT2D eigenvalue weighted by atomic mass is 9.90. The van der Waals surface area contributed by atoms with Crippen molar-refractivity contribution in [2.45, 2.75) is 46.0 Å². The van der Waals surface area contributed by atoms with Crippen molar-refractivity contribution in [1.29, 1.82) is 0 Å². The van der Waals surface area contributed by atoms with Gasteiger partial charge in [0.15, 0.2) is 5.58 Å². The molecule has 0 aliphatic heterocycles. The normalized spacial score (nSPS) is 12.7. The topological polar surface area (TPSA) is 26.0 Å². The van der Waals surface area contributed by atoms with Gasteiger partial charge in [-0.25, -0.2) is 0 Å². The highest BCUT2D eigenvalue weighted by atomic mass is 16.5. The number of aryl methyl sites for hydroxylation is 1. The van der Waals surface area contributed by atoms with Crippen LogP contribution in [0.1, 0.15) is 50.7 Å². The highest BCUT2D eigenvalue weighted by molar-refractivity contribution is 5.93. The summed E-state index contributed by atoms with van der Waals surface area (Å²) in [4.78, 5) is 0. The minimum absolute atomic E-state index is 0.552. The predicted octanol–water partition coefficient (Wildman–Crippen LogP) is 5.96. The average Bonchev–Trinajstić information content (AvgIpc) is 3.00. The van der Waals surface area contributed by atoms with Crippen molar-refractivity contribution in [2.75, 3.05) is 0 Å². The fraction of sp³-hybridized carbons (Fsp3) is 0.350. The Bertz CT molecular complexity index is 758. The molecule has 3 rings (SSSR count). The Morgan fingerprint density at radius 1 is 1.05 bits per heavy atom. The predicted molar refractivity (Wildman–Crippen MR) is 92.1 cm³/mol. The number of hydrogen-bond acceptors (Lipinski definition) is 2. The molecule has 0 aliphatic rings. The smallest absolute Gasteiger partial charge is 0.170 e. The van der Waals surface area contributed by atoms with Gasteiger partial charge in [-0.3, -0.25) is 0 Å². The second-order valence-electron chi connectivity index (χ2n) is 5.97. The largest absolute Gasteiger partial charge is 0.355 e. The molecule has 0 amide bonds. The molecule has 0 bridgehead atoms. The fourth-order valence-corrected chi connectivity index (χ4v) is 3.07. The Kier molecular flexibility index (Phi) is 4.28. The van der Waals surface area contributed by atoms with Crippen LogP contribution in [0.3, 0.4) is 0 Å². The number of aromatic nitrogens is 1. The molecule has 0 radical (unpaired) electrons. The van der Waals surface area contributed by atoms with Crippen molar-refractivity contribution in [3.05, 3.63) is 53.6 Å². The maximum Gasteiger partial charge on any atom is 0.170 e. The summed E-state index contributed by atoms with van der Waals surface area (Å²) in [5.74, 6) is 0.552. The summed E-state index contributed by atoms with van der Waals surface area (Å²) in [5.41, 5.74) is 5.78. The molecule has 0 saturated heterocycles. The van der Waals surface area contributed by atoms with Crippen LogP contribution in [0.15, 0.2) is 47.0 Å². The number of fused-ring (bicyclic) bond motifs is 1.